The average Bonchev–Trinajstić information content (AvgIpc) is 2.24. The van der Waals surface area contributed by atoms with Gasteiger partial charge in [0.15, 0.2) is 5.60 Å². The van der Waals surface area contributed by atoms with Crippen molar-refractivity contribution >= 4 is 39.4 Å². The molecule has 0 heterocycles. The SMILES string of the molecule is CC(O)(CNC(=O)c1cc(Cl)cc(Br)c1)C(=O)O. The van der Waals surface area contributed by atoms with Crippen LogP contribution in [0, 0.1) is 0 Å². The number of amides is 1. The second kappa shape index (κ2) is 5.69. The standard InChI is InChI=1S/C11H11BrClNO4/c1-11(18,10(16)17)5-14-9(15)6-2-7(12)4-8(13)3-6/h2-4,18H,5H2,1H3,(H,14,15)(H,16,17). The average molecular weight is 337 g/mol. The number of hydrogen-bond acceptors (Lipinski definition) is 3. The lowest BCUT2D eigenvalue weighted by Gasteiger charge is -2.18. The molecule has 5 nitrogen and oxygen atoms in total. The molecule has 1 rings (SSSR count). The van der Waals surface area contributed by atoms with E-state index in [4.69, 9.17) is 16.7 Å². The van der Waals surface area contributed by atoms with E-state index in [1.54, 1.807) is 6.07 Å². The predicted octanol–water partition coefficient (Wildman–Crippen LogP) is 1.67. The first-order chi connectivity index (χ1) is 8.22. The molecule has 1 atom stereocenters. The molecule has 0 saturated heterocycles. The van der Waals surface area contributed by atoms with Crippen LogP contribution in [0.5, 0.6) is 0 Å². The largest absolute Gasteiger partial charge is 0.479 e. The van der Waals surface area contributed by atoms with Crippen molar-refractivity contribution in [3.05, 3.63) is 33.3 Å². The highest BCUT2D eigenvalue weighted by molar-refractivity contribution is 9.10. The molecule has 0 fully saturated rings. The predicted molar refractivity (Wildman–Crippen MR) is 69.7 cm³/mol. The Labute approximate surface area is 117 Å². The molecule has 0 bridgehead atoms. The van der Waals surface area contributed by atoms with Crippen molar-refractivity contribution < 1.29 is 19.8 Å². The highest BCUT2D eigenvalue weighted by Gasteiger charge is 2.30. The summed E-state index contributed by atoms with van der Waals surface area (Å²) in [4.78, 5) is 22.4. The number of carboxylic acids is 1. The highest BCUT2D eigenvalue weighted by Crippen LogP contribution is 2.19. The van der Waals surface area contributed by atoms with Crippen molar-refractivity contribution in [3.8, 4) is 0 Å². The first-order valence-corrected chi connectivity index (χ1v) is 6.09. The minimum atomic E-state index is -2.01. The summed E-state index contributed by atoms with van der Waals surface area (Å²) < 4.78 is 0.630. The van der Waals surface area contributed by atoms with Gasteiger partial charge in [0, 0.05) is 15.1 Å². The first kappa shape index (κ1) is 14.9. The quantitative estimate of drug-likeness (QED) is 0.780. The van der Waals surface area contributed by atoms with Gasteiger partial charge in [0.2, 0.25) is 0 Å². The third-order valence-electron chi connectivity index (χ3n) is 2.18. The summed E-state index contributed by atoms with van der Waals surface area (Å²) in [5.41, 5.74) is -1.73. The van der Waals surface area contributed by atoms with Crippen molar-refractivity contribution in [1.29, 1.82) is 0 Å². The van der Waals surface area contributed by atoms with Gasteiger partial charge in [-0.2, -0.15) is 0 Å². The van der Waals surface area contributed by atoms with Gasteiger partial charge >= 0.3 is 5.97 Å². The van der Waals surface area contributed by atoms with Crippen LogP contribution in [0.2, 0.25) is 5.02 Å². The lowest BCUT2D eigenvalue weighted by atomic mass is 10.1. The molecule has 1 aromatic rings. The fourth-order valence-electron chi connectivity index (χ4n) is 1.11. The number of carbonyl (C=O) groups is 2. The van der Waals surface area contributed by atoms with Gasteiger partial charge in [0.05, 0.1) is 6.54 Å². The Morgan fingerprint density at radius 1 is 1.44 bits per heavy atom. The van der Waals surface area contributed by atoms with Crippen LogP contribution < -0.4 is 5.32 Å². The molecule has 3 N–H and O–H groups in total. The molecule has 18 heavy (non-hydrogen) atoms. The van der Waals surface area contributed by atoms with Crippen LogP contribution in [0.4, 0.5) is 0 Å². The second-order valence-corrected chi connectivity index (χ2v) is 5.27. The van der Waals surface area contributed by atoms with Crippen LogP contribution in [-0.2, 0) is 4.79 Å². The third-order valence-corrected chi connectivity index (χ3v) is 2.85. The van der Waals surface area contributed by atoms with E-state index in [9.17, 15) is 14.7 Å². The van der Waals surface area contributed by atoms with Crippen LogP contribution >= 0.6 is 27.5 Å². The molecule has 98 valence electrons. The number of aliphatic hydroxyl groups is 1. The fraction of sp³-hybridized carbons (Fsp3) is 0.273. The van der Waals surface area contributed by atoms with Crippen molar-refractivity contribution in [1.82, 2.24) is 5.32 Å². The zero-order valence-corrected chi connectivity index (χ0v) is 11.7. The van der Waals surface area contributed by atoms with E-state index in [2.05, 4.69) is 21.2 Å². The molecule has 1 aromatic carbocycles. The summed E-state index contributed by atoms with van der Waals surface area (Å²) >= 11 is 8.97. The highest BCUT2D eigenvalue weighted by atomic mass is 79.9. The van der Waals surface area contributed by atoms with Gasteiger partial charge < -0.3 is 15.5 Å². The minimum Gasteiger partial charge on any atom is -0.479 e. The number of hydrogen-bond donors (Lipinski definition) is 3. The summed E-state index contributed by atoms with van der Waals surface area (Å²) in [5.74, 6) is -1.92. The lowest BCUT2D eigenvalue weighted by molar-refractivity contribution is -0.155. The zero-order chi connectivity index (χ0) is 13.9. The number of rotatable bonds is 4. The maximum Gasteiger partial charge on any atom is 0.337 e. The summed E-state index contributed by atoms with van der Waals surface area (Å²) in [6.07, 6.45) is 0. The normalized spacial score (nSPS) is 13.8. The summed E-state index contributed by atoms with van der Waals surface area (Å²) in [6.45, 7) is 0.703. The molecule has 0 radical (unpaired) electrons. The Balaban J connectivity index is 2.75. The Hall–Kier alpha value is -1.11. The van der Waals surface area contributed by atoms with Crippen LogP contribution in [0.15, 0.2) is 22.7 Å². The summed E-state index contributed by atoms with van der Waals surface area (Å²) in [6, 6.07) is 4.60. The second-order valence-electron chi connectivity index (χ2n) is 3.92. The van der Waals surface area contributed by atoms with E-state index in [0.29, 0.717) is 9.50 Å². The van der Waals surface area contributed by atoms with Crippen molar-refractivity contribution in [2.24, 2.45) is 0 Å². The molecule has 1 amide bonds. The Bertz CT molecular complexity index is 470. The van der Waals surface area contributed by atoms with Gasteiger partial charge in [0.25, 0.3) is 5.91 Å². The molecule has 0 aliphatic heterocycles. The van der Waals surface area contributed by atoms with Crippen LogP contribution in [0.3, 0.4) is 0 Å². The molecule has 7 heteroatoms. The molecule has 0 aliphatic rings. The Kier molecular flexibility index (Phi) is 4.72. The molecular weight excluding hydrogens is 325 g/mol. The van der Waals surface area contributed by atoms with E-state index >= 15 is 0 Å². The zero-order valence-electron chi connectivity index (χ0n) is 9.41. The topological polar surface area (TPSA) is 86.6 Å². The van der Waals surface area contributed by atoms with Gasteiger partial charge in [0.1, 0.15) is 0 Å². The van der Waals surface area contributed by atoms with Gasteiger partial charge in [-0.05, 0) is 25.1 Å². The van der Waals surface area contributed by atoms with Crippen LogP contribution in [0.1, 0.15) is 17.3 Å². The van der Waals surface area contributed by atoms with E-state index < -0.39 is 24.0 Å². The monoisotopic (exact) mass is 335 g/mol. The molecule has 1 unspecified atom stereocenters. The number of benzene rings is 1. The number of halogens is 2. The fourth-order valence-corrected chi connectivity index (χ4v) is 1.98. The maximum absolute atomic E-state index is 11.7. The van der Waals surface area contributed by atoms with E-state index in [1.807, 2.05) is 0 Å². The van der Waals surface area contributed by atoms with Gasteiger partial charge in [-0.25, -0.2) is 4.79 Å². The maximum atomic E-state index is 11.7. The lowest BCUT2D eigenvalue weighted by Crippen LogP contribution is -2.46. The number of carboxylic acid groups (broad SMARTS) is 1. The van der Waals surface area contributed by atoms with E-state index in [1.165, 1.54) is 12.1 Å². The molecular formula is C11H11BrClNO4. The summed E-state index contributed by atoms with van der Waals surface area (Å²) in [7, 11) is 0. The van der Waals surface area contributed by atoms with Crippen LogP contribution in [0.25, 0.3) is 0 Å². The van der Waals surface area contributed by atoms with Crippen molar-refractivity contribution in [2.45, 2.75) is 12.5 Å². The molecule has 0 spiro atoms. The van der Waals surface area contributed by atoms with Crippen molar-refractivity contribution in [3.63, 3.8) is 0 Å². The minimum absolute atomic E-state index is 0.274. The number of nitrogens with one attached hydrogen (secondary N) is 1. The smallest absolute Gasteiger partial charge is 0.337 e. The van der Waals surface area contributed by atoms with Gasteiger partial charge in [-0.15, -0.1) is 0 Å². The Morgan fingerprint density at radius 3 is 2.56 bits per heavy atom. The third kappa shape index (κ3) is 3.97. The van der Waals surface area contributed by atoms with Gasteiger partial charge in [-0.3, -0.25) is 4.79 Å². The van der Waals surface area contributed by atoms with E-state index in [0.717, 1.165) is 6.92 Å². The van der Waals surface area contributed by atoms with E-state index in [-0.39, 0.29) is 5.56 Å². The molecule has 0 saturated carbocycles. The molecule has 0 aliphatic carbocycles. The van der Waals surface area contributed by atoms with Gasteiger partial charge in [-0.1, -0.05) is 27.5 Å². The first-order valence-electron chi connectivity index (χ1n) is 4.92. The van der Waals surface area contributed by atoms with Crippen LogP contribution in [-0.4, -0.2) is 34.2 Å². The van der Waals surface area contributed by atoms with Crippen molar-refractivity contribution in [2.75, 3.05) is 6.54 Å². The molecule has 0 aromatic heterocycles. The number of carbonyl (C=O) groups excluding carboxylic acids is 1. The summed E-state index contributed by atoms with van der Waals surface area (Å²) in [5, 5.41) is 20.8. The Morgan fingerprint density at radius 2 is 2.06 bits per heavy atom. The number of aliphatic carboxylic acids is 1.